The van der Waals surface area contributed by atoms with E-state index in [2.05, 4.69) is 0 Å². The second kappa shape index (κ2) is 2.81. The van der Waals surface area contributed by atoms with E-state index in [1.807, 2.05) is 0 Å². The number of hydrogen-bond acceptors (Lipinski definition) is 1. The average Bonchev–Trinajstić information content (AvgIpc) is 1.88. The molecule has 0 N–H and O–H groups in total. The number of rotatable bonds is 1. The van der Waals surface area contributed by atoms with Gasteiger partial charge in [-0.15, -0.1) is 0 Å². The number of ketones is 1. The molecule has 50 valence electrons. The lowest BCUT2D eigenvalue weighted by atomic mass is 9.97. The predicted molar refractivity (Wildman–Crippen MR) is 37.2 cm³/mol. The Hall–Kier alpha value is -0.590. The van der Waals surface area contributed by atoms with E-state index in [9.17, 15) is 4.79 Å². The van der Waals surface area contributed by atoms with Gasteiger partial charge in [-0.05, 0) is 38.2 Å². The molecule has 0 heterocycles. The van der Waals surface area contributed by atoms with Crippen molar-refractivity contribution in [3.05, 3.63) is 11.6 Å². The van der Waals surface area contributed by atoms with Gasteiger partial charge in [-0.25, -0.2) is 0 Å². The fraction of sp³-hybridized carbons (Fsp3) is 0.625. The molecule has 1 heteroatoms. The summed E-state index contributed by atoms with van der Waals surface area (Å²) < 4.78 is 7.42. The third-order valence-corrected chi connectivity index (χ3v) is 1.62. The zero-order valence-electron chi connectivity index (χ0n) is 6.74. The molecule has 0 aromatic rings. The van der Waals surface area contributed by atoms with Gasteiger partial charge in [0.2, 0.25) is 0 Å². The van der Waals surface area contributed by atoms with Gasteiger partial charge >= 0.3 is 0 Å². The lowest BCUT2D eigenvalue weighted by Gasteiger charge is -2.07. The van der Waals surface area contributed by atoms with Crippen molar-refractivity contribution in [2.45, 2.75) is 32.6 Å². The predicted octanol–water partition coefficient (Wildman–Crippen LogP) is 2.08. The highest BCUT2D eigenvalue weighted by molar-refractivity contribution is 5.93. The molecule has 0 aliphatic heterocycles. The standard InChI is InChI=1S/C8H12O/c1-7(9)8-5-3-2-4-6-8/h5H,2-4,6H2,1H3/i5D. The van der Waals surface area contributed by atoms with Crippen molar-refractivity contribution in [2.75, 3.05) is 0 Å². The lowest BCUT2D eigenvalue weighted by molar-refractivity contribution is -0.113. The first-order valence-electron chi connectivity index (χ1n) is 3.91. The SMILES string of the molecule is [2H]C1=C(C(C)=O)CCCC1. The molecule has 0 atom stereocenters. The van der Waals surface area contributed by atoms with Crippen molar-refractivity contribution in [1.82, 2.24) is 0 Å². The number of allylic oxidation sites excluding steroid dienone is 2. The molecule has 0 aromatic carbocycles. The van der Waals surface area contributed by atoms with Gasteiger partial charge in [0.05, 0.1) is 1.37 Å². The summed E-state index contributed by atoms with van der Waals surface area (Å²) in [6, 6.07) is 0.568. The van der Waals surface area contributed by atoms with E-state index in [-0.39, 0.29) is 5.78 Å². The third-order valence-electron chi connectivity index (χ3n) is 1.62. The van der Waals surface area contributed by atoms with Gasteiger partial charge < -0.3 is 0 Å². The second-order valence-corrected chi connectivity index (χ2v) is 2.42. The van der Waals surface area contributed by atoms with Gasteiger partial charge in [-0.3, -0.25) is 4.79 Å². The molecule has 0 amide bonds. The minimum absolute atomic E-state index is 0.0877. The van der Waals surface area contributed by atoms with E-state index in [4.69, 9.17) is 1.37 Å². The average molecular weight is 125 g/mol. The quantitative estimate of drug-likeness (QED) is 0.524. The summed E-state index contributed by atoms with van der Waals surface area (Å²) in [4.78, 5) is 10.8. The van der Waals surface area contributed by atoms with Crippen molar-refractivity contribution in [3.63, 3.8) is 0 Å². The van der Waals surface area contributed by atoms with E-state index in [1.54, 1.807) is 6.92 Å². The van der Waals surface area contributed by atoms with E-state index >= 15 is 0 Å². The van der Waals surface area contributed by atoms with E-state index in [1.165, 1.54) is 0 Å². The van der Waals surface area contributed by atoms with Crippen molar-refractivity contribution in [3.8, 4) is 0 Å². The number of hydrogen-bond donors (Lipinski definition) is 0. The Morgan fingerprint density at radius 1 is 1.78 bits per heavy atom. The summed E-state index contributed by atoms with van der Waals surface area (Å²) in [7, 11) is 0. The van der Waals surface area contributed by atoms with Gasteiger partial charge in [-0.1, -0.05) is 6.05 Å². The molecular weight excluding hydrogens is 112 g/mol. The van der Waals surface area contributed by atoms with Crippen LogP contribution in [0.25, 0.3) is 0 Å². The molecule has 0 aromatic heterocycles. The molecule has 0 unspecified atom stereocenters. The maximum atomic E-state index is 10.8. The van der Waals surface area contributed by atoms with E-state index in [0.29, 0.717) is 6.05 Å². The molecule has 1 nitrogen and oxygen atoms in total. The van der Waals surface area contributed by atoms with Crippen molar-refractivity contribution < 1.29 is 6.17 Å². The highest BCUT2D eigenvalue weighted by Crippen LogP contribution is 2.17. The maximum Gasteiger partial charge on any atom is 0.155 e. The molecule has 0 saturated heterocycles. The molecule has 9 heavy (non-hydrogen) atoms. The molecule has 1 aliphatic rings. The van der Waals surface area contributed by atoms with Crippen LogP contribution in [0.5, 0.6) is 0 Å². The Labute approximate surface area is 57.2 Å². The summed E-state index contributed by atoms with van der Waals surface area (Å²) in [5.74, 6) is 0.0877. The van der Waals surface area contributed by atoms with Crippen LogP contribution in [0.15, 0.2) is 11.6 Å². The minimum Gasteiger partial charge on any atom is -0.295 e. The molecule has 1 aliphatic carbocycles. The van der Waals surface area contributed by atoms with Gasteiger partial charge in [0.25, 0.3) is 0 Å². The molecular formula is C8H12O. The van der Waals surface area contributed by atoms with E-state index < -0.39 is 0 Å². The fourth-order valence-corrected chi connectivity index (χ4v) is 1.05. The summed E-state index contributed by atoms with van der Waals surface area (Å²) in [6.07, 6.45) is 3.79. The normalized spacial score (nSPS) is 21.7. The molecule has 0 fully saturated rings. The first-order valence-corrected chi connectivity index (χ1v) is 3.41. The Balaban J connectivity index is 2.78. The fourth-order valence-electron chi connectivity index (χ4n) is 1.05. The highest BCUT2D eigenvalue weighted by Gasteiger charge is 2.06. The van der Waals surface area contributed by atoms with Crippen molar-refractivity contribution >= 4 is 5.78 Å². The third kappa shape index (κ3) is 1.67. The van der Waals surface area contributed by atoms with Crippen LogP contribution < -0.4 is 0 Å². The number of carbonyl (C=O) groups excluding carboxylic acids is 1. The summed E-state index contributed by atoms with van der Waals surface area (Å²) in [6.45, 7) is 1.55. The van der Waals surface area contributed by atoms with Crippen LogP contribution in [0.2, 0.25) is 0 Å². The summed E-state index contributed by atoms with van der Waals surface area (Å²) >= 11 is 0. The van der Waals surface area contributed by atoms with Crippen LogP contribution >= 0.6 is 0 Å². The smallest absolute Gasteiger partial charge is 0.155 e. The largest absolute Gasteiger partial charge is 0.295 e. The zero-order valence-corrected chi connectivity index (χ0v) is 5.74. The Morgan fingerprint density at radius 2 is 2.56 bits per heavy atom. The number of Topliss-reactive ketones (excluding diaryl/α,β-unsaturated/α-hetero) is 1. The molecule has 1 rings (SSSR count). The monoisotopic (exact) mass is 125 g/mol. The Bertz CT molecular complexity index is 182. The van der Waals surface area contributed by atoms with Gasteiger partial charge in [0, 0.05) is 0 Å². The molecule has 0 spiro atoms. The van der Waals surface area contributed by atoms with Crippen LogP contribution in [0, 0.1) is 0 Å². The first kappa shape index (κ1) is 5.21. The molecule has 0 radical (unpaired) electrons. The lowest BCUT2D eigenvalue weighted by Crippen LogP contribution is -2.00. The number of carbonyl (C=O) groups is 1. The second-order valence-electron chi connectivity index (χ2n) is 2.42. The molecule has 0 bridgehead atoms. The van der Waals surface area contributed by atoms with Gasteiger partial charge in [0.1, 0.15) is 0 Å². The van der Waals surface area contributed by atoms with Crippen LogP contribution in [-0.4, -0.2) is 5.78 Å². The van der Waals surface area contributed by atoms with Gasteiger partial charge in [0.15, 0.2) is 5.78 Å². The van der Waals surface area contributed by atoms with E-state index in [0.717, 1.165) is 31.3 Å². The summed E-state index contributed by atoms with van der Waals surface area (Å²) in [5.41, 5.74) is 0.756. The van der Waals surface area contributed by atoms with Crippen LogP contribution in [-0.2, 0) is 4.79 Å². The topological polar surface area (TPSA) is 17.1 Å². The first-order chi connectivity index (χ1) is 4.72. The Kier molecular flexibility index (Phi) is 1.63. The maximum absolute atomic E-state index is 10.8. The summed E-state index contributed by atoms with van der Waals surface area (Å²) in [5, 5.41) is 0. The Morgan fingerprint density at radius 3 is 3.00 bits per heavy atom. The van der Waals surface area contributed by atoms with Crippen molar-refractivity contribution in [2.24, 2.45) is 0 Å². The van der Waals surface area contributed by atoms with Crippen LogP contribution in [0.4, 0.5) is 0 Å². The highest BCUT2D eigenvalue weighted by atomic mass is 16.1. The van der Waals surface area contributed by atoms with Crippen LogP contribution in [0.3, 0.4) is 0 Å². The van der Waals surface area contributed by atoms with Crippen molar-refractivity contribution in [1.29, 1.82) is 0 Å². The zero-order chi connectivity index (χ0) is 7.56. The molecule has 0 saturated carbocycles. The van der Waals surface area contributed by atoms with Crippen LogP contribution in [0.1, 0.15) is 34.0 Å². The van der Waals surface area contributed by atoms with Gasteiger partial charge in [-0.2, -0.15) is 0 Å². The minimum atomic E-state index is 0.0877.